The lowest BCUT2D eigenvalue weighted by atomic mass is 10.1. The fourth-order valence-electron chi connectivity index (χ4n) is 2.72. The van der Waals surface area contributed by atoms with Gasteiger partial charge in [-0.2, -0.15) is 0 Å². The van der Waals surface area contributed by atoms with Gasteiger partial charge >= 0.3 is 0 Å². The third kappa shape index (κ3) is 4.89. The SMILES string of the molecule is CI.CN(C)CCCN1c2ccc(N(C)C)cc2Oc2nnc(Cl)cc21. The number of benzene rings is 1. The summed E-state index contributed by atoms with van der Waals surface area (Å²) >= 11 is 8.20. The summed E-state index contributed by atoms with van der Waals surface area (Å²) in [6.07, 6.45) is 1.02. The molecule has 0 saturated heterocycles. The van der Waals surface area contributed by atoms with Crippen molar-refractivity contribution in [2.24, 2.45) is 0 Å². The Kier molecular flexibility index (Phi) is 7.72. The highest BCUT2D eigenvalue weighted by molar-refractivity contribution is 14.1. The minimum Gasteiger partial charge on any atom is -0.434 e. The Balaban J connectivity index is 0.00000117. The number of hydrogen-bond acceptors (Lipinski definition) is 6. The highest BCUT2D eigenvalue weighted by Gasteiger charge is 2.26. The van der Waals surface area contributed by atoms with Gasteiger partial charge in [0.15, 0.2) is 10.9 Å². The molecule has 2 aromatic rings. The standard InChI is InChI=1S/C17H22ClN5O.CH3I/c1-21(2)8-5-9-23-13-7-6-12(22(3)4)10-15(13)24-17-14(23)11-16(18)19-20-17;1-2/h6-7,10-11H,5,8-9H2,1-4H3;1H3. The van der Waals surface area contributed by atoms with Crippen LogP contribution in [0.3, 0.4) is 0 Å². The predicted octanol–water partition coefficient (Wildman–Crippen LogP) is 4.44. The van der Waals surface area contributed by atoms with Crippen LogP contribution in [0.5, 0.6) is 11.6 Å². The number of nitrogens with zero attached hydrogens (tertiary/aromatic N) is 5. The molecule has 0 spiro atoms. The number of anilines is 3. The van der Waals surface area contributed by atoms with E-state index in [-0.39, 0.29) is 0 Å². The normalized spacial score (nSPS) is 11.9. The molecule has 0 saturated carbocycles. The zero-order valence-corrected chi connectivity index (χ0v) is 18.7. The Bertz CT molecular complexity index is 742. The van der Waals surface area contributed by atoms with Crippen molar-refractivity contribution in [3.63, 3.8) is 0 Å². The smallest absolute Gasteiger partial charge is 0.263 e. The van der Waals surface area contributed by atoms with Crippen LogP contribution in [0.2, 0.25) is 5.15 Å². The first kappa shape index (κ1) is 21.0. The van der Waals surface area contributed by atoms with Crippen molar-refractivity contribution in [1.82, 2.24) is 15.1 Å². The summed E-state index contributed by atoms with van der Waals surface area (Å²) in [6, 6.07) is 8.00. The maximum atomic E-state index is 6.05. The van der Waals surface area contributed by atoms with Gasteiger partial charge in [-0.05, 0) is 44.1 Å². The molecule has 1 aliphatic rings. The molecular formula is C18H25ClIN5O. The number of alkyl halides is 1. The summed E-state index contributed by atoms with van der Waals surface area (Å²) in [5.74, 6) is 1.28. The molecular weight excluding hydrogens is 465 g/mol. The molecule has 2 heterocycles. The summed E-state index contributed by atoms with van der Waals surface area (Å²) in [6.45, 7) is 1.86. The van der Waals surface area contributed by atoms with Crippen LogP contribution in [-0.4, -0.2) is 61.3 Å². The Morgan fingerprint density at radius 1 is 1.08 bits per heavy atom. The van der Waals surface area contributed by atoms with E-state index in [9.17, 15) is 0 Å². The number of hydrogen-bond donors (Lipinski definition) is 0. The van der Waals surface area contributed by atoms with E-state index in [1.165, 1.54) is 0 Å². The van der Waals surface area contributed by atoms with Gasteiger partial charge < -0.3 is 19.4 Å². The molecule has 1 aromatic heterocycles. The van der Waals surface area contributed by atoms with Crippen LogP contribution in [0, 0.1) is 0 Å². The fourth-order valence-corrected chi connectivity index (χ4v) is 2.86. The van der Waals surface area contributed by atoms with Gasteiger partial charge in [0.05, 0.1) is 5.69 Å². The lowest BCUT2D eigenvalue weighted by Gasteiger charge is -2.32. The first-order valence-corrected chi connectivity index (χ1v) is 10.8. The third-order valence-corrected chi connectivity index (χ3v) is 4.13. The van der Waals surface area contributed by atoms with Gasteiger partial charge in [0.2, 0.25) is 0 Å². The molecule has 0 aliphatic carbocycles. The number of aromatic nitrogens is 2. The summed E-state index contributed by atoms with van der Waals surface area (Å²) < 4.78 is 5.97. The van der Waals surface area contributed by atoms with Gasteiger partial charge in [-0.25, -0.2) is 0 Å². The zero-order chi connectivity index (χ0) is 19.3. The van der Waals surface area contributed by atoms with Gasteiger partial charge in [0.1, 0.15) is 5.69 Å². The lowest BCUT2D eigenvalue weighted by molar-refractivity contribution is 0.399. The monoisotopic (exact) mass is 489 g/mol. The van der Waals surface area contributed by atoms with Gasteiger partial charge in [0.25, 0.3) is 5.88 Å². The number of halogens is 2. The quantitative estimate of drug-likeness (QED) is 0.457. The maximum Gasteiger partial charge on any atom is 0.263 e. The van der Waals surface area contributed by atoms with E-state index < -0.39 is 0 Å². The molecule has 0 bridgehead atoms. The molecule has 0 atom stereocenters. The van der Waals surface area contributed by atoms with Crippen LogP contribution in [0.4, 0.5) is 17.1 Å². The van der Waals surface area contributed by atoms with Gasteiger partial charge in [0, 0.05) is 38.5 Å². The van der Waals surface area contributed by atoms with Crippen molar-refractivity contribution < 1.29 is 4.74 Å². The topological polar surface area (TPSA) is 44.7 Å². The van der Waals surface area contributed by atoms with Crippen molar-refractivity contribution in [1.29, 1.82) is 0 Å². The van der Waals surface area contributed by atoms with Crippen molar-refractivity contribution >= 4 is 51.3 Å². The third-order valence-electron chi connectivity index (χ3n) is 3.95. The van der Waals surface area contributed by atoms with Crippen molar-refractivity contribution in [2.75, 3.05) is 56.0 Å². The summed E-state index contributed by atoms with van der Waals surface area (Å²) in [5, 5.41) is 8.39. The van der Waals surface area contributed by atoms with Crippen LogP contribution < -0.4 is 14.5 Å². The van der Waals surface area contributed by atoms with Crippen molar-refractivity contribution in [3.8, 4) is 11.6 Å². The molecule has 0 radical (unpaired) electrons. The number of fused-ring (bicyclic) bond motifs is 2. The van der Waals surface area contributed by atoms with Crippen LogP contribution >= 0.6 is 34.2 Å². The largest absolute Gasteiger partial charge is 0.434 e. The summed E-state index contributed by atoms with van der Waals surface area (Å²) in [7, 11) is 8.17. The molecule has 1 aromatic carbocycles. The molecule has 3 rings (SSSR count). The van der Waals surface area contributed by atoms with Gasteiger partial charge in [-0.1, -0.05) is 34.2 Å². The molecule has 0 fully saturated rings. The second-order valence-corrected chi connectivity index (χ2v) is 6.70. The Morgan fingerprint density at radius 2 is 1.81 bits per heavy atom. The predicted molar refractivity (Wildman–Crippen MR) is 118 cm³/mol. The second kappa shape index (κ2) is 9.57. The Morgan fingerprint density at radius 3 is 2.46 bits per heavy atom. The van der Waals surface area contributed by atoms with E-state index in [2.05, 4.69) is 68.8 Å². The van der Waals surface area contributed by atoms with E-state index in [0.717, 1.165) is 42.3 Å². The van der Waals surface area contributed by atoms with Crippen LogP contribution in [-0.2, 0) is 0 Å². The van der Waals surface area contributed by atoms with Crippen LogP contribution in [0.15, 0.2) is 24.3 Å². The van der Waals surface area contributed by atoms with E-state index in [1.807, 2.05) is 36.1 Å². The Hall–Kier alpha value is -1.32. The Labute approximate surface area is 174 Å². The first-order chi connectivity index (χ1) is 12.5. The molecule has 26 heavy (non-hydrogen) atoms. The molecule has 0 N–H and O–H groups in total. The summed E-state index contributed by atoms with van der Waals surface area (Å²) in [4.78, 5) is 8.40. The van der Waals surface area contributed by atoms with E-state index in [1.54, 1.807) is 0 Å². The van der Waals surface area contributed by atoms with E-state index in [4.69, 9.17) is 16.3 Å². The molecule has 0 unspecified atom stereocenters. The molecule has 6 nitrogen and oxygen atoms in total. The van der Waals surface area contributed by atoms with Crippen molar-refractivity contribution in [3.05, 3.63) is 29.4 Å². The maximum absolute atomic E-state index is 6.05. The minimum atomic E-state index is 0.364. The number of ether oxygens (including phenoxy) is 1. The van der Waals surface area contributed by atoms with Gasteiger partial charge in [-0.15, -0.1) is 10.2 Å². The number of rotatable bonds is 5. The van der Waals surface area contributed by atoms with Crippen LogP contribution in [0.1, 0.15) is 6.42 Å². The van der Waals surface area contributed by atoms with Crippen LogP contribution in [0.25, 0.3) is 0 Å². The second-order valence-electron chi connectivity index (χ2n) is 6.31. The van der Waals surface area contributed by atoms with E-state index >= 15 is 0 Å². The highest BCUT2D eigenvalue weighted by Crippen LogP contribution is 2.47. The minimum absolute atomic E-state index is 0.364. The lowest BCUT2D eigenvalue weighted by Crippen LogP contribution is -2.26. The molecule has 142 valence electrons. The van der Waals surface area contributed by atoms with Crippen molar-refractivity contribution in [2.45, 2.75) is 6.42 Å². The summed E-state index contributed by atoms with van der Waals surface area (Å²) in [5.41, 5.74) is 2.96. The molecule has 0 amide bonds. The molecule has 1 aliphatic heterocycles. The van der Waals surface area contributed by atoms with Gasteiger partial charge in [-0.3, -0.25) is 0 Å². The fraction of sp³-hybridized carbons (Fsp3) is 0.444. The average molecular weight is 490 g/mol. The zero-order valence-electron chi connectivity index (χ0n) is 15.8. The van der Waals surface area contributed by atoms with E-state index in [0.29, 0.717) is 11.0 Å². The first-order valence-electron chi connectivity index (χ1n) is 8.28. The highest BCUT2D eigenvalue weighted by atomic mass is 127. The molecule has 8 heteroatoms. The average Bonchev–Trinajstić information content (AvgIpc) is 2.62.